The Balaban J connectivity index is 2.92. The largest absolute Gasteiger partial charge is 0.544 e. The Morgan fingerprint density at radius 2 is 2.33 bits per heavy atom. The van der Waals surface area contributed by atoms with E-state index in [9.17, 15) is 9.90 Å². The van der Waals surface area contributed by atoms with Gasteiger partial charge in [-0.1, -0.05) is 13.3 Å². The number of hydrogen-bond acceptors (Lipinski definition) is 3. The summed E-state index contributed by atoms with van der Waals surface area (Å²) in [6, 6.07) is 1.72. The van der Waals surface area contributed by atoms with Gasteiger partial charge in [0, 0.05) is 4.88 Å². The summed E-state index contributed by atoms with van der Waals surface area (Å²) < 4.78 is 0. The van der Waals surface area contributed by atoms with Gasteiger partial charge in [0.05, 0.1) is 10.8 Å². The maximum Gasteiger partial charge on any atom is 0.0815 e. The Morgan fingerprint density at radius 3 is 2.75 bits per heavy atom. The number of aryl methyl sites for hydroxylation is 2. The SMILES string of the molecule is CCCc1cc(C(=O)[O-])sc1C. The van der Waals surface area contributed by atoms with Crippen molar-refractivity contribution in [1.29, 1.82) is 0 Å². The van der Waals surface area contributed by atoms with Crippen LogP contribution in [-0.2, 0) is 6.42 Å². The minimum Gasteiger partial charge on any atom is -0.544 e. The molecule has 2 nitrogen and oxygen atoms in total. The summed E-state index contributed by atoms with van der Waals surface area (Å²) in [7, 11) is 0. The van der Waals surface area contributed by atoms with Crippen LogP contribution >= 0.6 is 11.3 Å². The molecule has 0 N–H and O–H groups in total. The molecule has 1 rings (SSSR count). The van der Waals surface area contributed by atoms with E-state index >= 15 is 0 Å². The van der Waals surface area contributed by atoms with Crippen LogP contribution < -0.4 is 5.11 Å². The predicted octanol–water partition coefficient (Wildman–Crippen LogP) is 1.37. The van der Waals surface area contributed by atoms with E-state index < -0.39 is 5.97 Å². The van der Waals surface area contributed by atoms with E-state index in [0.29, 0.717) is 4.88 Å². The molecule has 66 valence electrons. The molecule has 1 aromatic rings. The highest BCUT2D eigenvalue weighted by molar-refractivity contribution is 7.14. The van der Waals surface area contributed by atoms with E-state index in [1.807, 2.05) is 6.92 Å². The minimum absolute atomic E-state index is 0.343. The Bertz CT molecular complexity index is 289. The predicted molar refractivity (Wildman–Crippen MR) is 47.4 cm³/mol. The van der Waals surface area contributed by atoms with Crippen molar-refractivity contribution in [3.05, 3.63) is 21.4 Å². The third kappa shape index (κ3) is 1.85. The van der Waals surface area contributed by atoms with Crippen molar-refractivity contribution in [2.75, 3.05) is 0 Å². The zero-order chi connectivity index (χ0) is 9.14. The molecule has 0 unspecified atom stereocenters. The summed E-state index contributed by atoms with van der Waals surface area (Å²) in [5.74, 6) is -1.06. The molecule has 0 aliphatic rings. The van der Waals surface area contributed by atoms with Crippen LogP contribution in [0, 0.1) is 6.92 Å². The molecule has 0 saturated carbocycles. The Morgan fingerprint density at radius 1 is 1.67 bits per heavy atom. The average molecular weight is 183 g/mol. The molecule has 1 aromatic heterocycles. The molecule has 1 heterocycles. The first kappa shape index (κ1) is 9.26. The highest BCUT2D eigenvalue weighted by Crippen LogP contribution is 2.21. The van der Waals surface area contributed by atoms with E-state index in [-0.39, 0.29) is 0 Å². The summed E-state index contributed by atoms with van der Waals surface area (Å²) in [4.78, 5) is 11.9. The Labute approximate surface area is 75.9 Å². The third-order valence-electron chi connectivity index (χ3n) is 1.74. The van der Waals surface area contributed by atoms with Gasteiger partial charge < -0.3 is 9.90 Å². The average Bonchev–Trinajstić information content (AvgIpc) is 2.34. The van der Waals surface area contributed by atoms with Crippen molar-refractivity contribution in [2.24, 2.45) is 0 Å². The van der Waals surface area contributed by atoms with Crippen molar-refractivity contribution < 1.29 is 9.90 Å². The van der Waals surface area contributed by atoms with Gasteiger partial charge in [-0.25, -0.2) is 0 Å². The molecule has 12 heavy (non-hydrogen) atoms. The number of carboxylic acid groups (broad SMARTS) is 1. The van der Waals surface area contributed by atoms with Crippen LogP contribution in [0.4, 0.5) is 0 Å². The highest BCUT2D eigenvalue weighted by Gasteiger charge is 2.04. The van der Waals surface area contributed by atoms with Crippen LogP contribution in [0.5, 0.6) is 0 Å². The lowest BCUT2D eigenvalue weighted by molar-refractivity contribution is -0.254. The van der Waals surface area contributed by atoms with E-state index in [4.69, 9.17) is 0 Å². The lowest BCUT2D eigenvalue weighted by Gasteiger charge is -1.93. The van der Waals surface area contributed by atoms with Gasteiger partial charge in [0.25, 0.3) is 0 Å². The number of carbonyl (C=O) groups is 1. The molecular formula is C9H11O2S-. The van der Waals surface area contributed by atoms with Gasteiger partial charge in [-0.05, 0) is 25.0 Å². The smallest absolute Gasteiger partial charge is 0.0815 e. The number of rotatable bonds is 3. The molecule has 0 saturated heterocycles. The molecule has 0 aliphatic carbocycles. The fourth-order valence-corrected chi connectivity index (χ4v) is 2.04. The van der Waals surface area contributed by atoms with Gasteiger partial charge in [-0.2, -0.15) is 0 Å². The van der Waals surface area contributed by atoms with Crippen LogP contribution in [0.2, 0.25) is 0 Å². The molecule has 0 aromatic carbocycles. The van der Waals surface area contributed by atoms with Crippen molar-refractivity contribution in [1.82, 2.24) is 0 Å². The van der Waals surface area contributed by atoms with Gasteiger partial charge in [-0.3, -0.25) is 0 Å². The first-order valence-corrected chi connectivity index (χ1v) is 4.77. The van der Waals surface area contributed by atoms with Crippen LogP contribution in [0.1, 0.15) is 33.5 Å². The maximum atomic E-state index is 10.5. The van der Waals surface area contributed by atoms with Crippen LogP contribution in [0.15, 0.2) is 6.07 Å². The zero-order valence-electron chi connectivity index (χ0n) is 7.22. The van der Waals surface area contributed by atoms with Crippen LogP contribution in [0.25, 0.3) is 0 Å². The van der Waals surface area contributed by atoms with Crippen molar-refractivity contribution >= 4 is 17.3 Å². The van der Waals surface area contributed by atoms with Crippen molar-refractivity contribution in [3.8, 4) is 0 Å². The highest BCUT2D eigenvalue weighted by atomic mass is 32.1. The molecule has 0 aliphatic heterocycles. The standard InChI is InChI=1S/C9H12O2S/c1-3-4-7-5-8(9(10)11)12-6(7)2/h5H,3-4H2,1-2H3,(H,10,11)/p-1. The first-order valence-electron chi connectivity index (χ1n) is 3.95. The number of hydrogen-bond donors (Lipinski definition) is 0. The second kappa shape index (κ2) is 3.72. The third-order valence-corrected chi connectivity index (χ3v) is 2.81. The van der Waals surface area contributed by atoms with Gasteiger partial charge in [0.15, 0.2) is 0 Å². The van der Waals surface area contributed by atoms with Gasteiger partial charge in [0.2, 0.25) is 0 Å². The first-order chi connectivity index (χ1) is 5.65. The fourth-order valence-electron chi connectivity index (χ4n) is 1.14. The van der Waals surface area contributed by atoms with Gasteiger partial charge >= 0.3 is 0 Å². The van der Waals surface area contributed by atoms with Gasteiger partial charge in [-0.15, -0.1) is 11.3 Å². The molecule has 0 atom stereocenters. The fraction of sp³-hybridized carbons (Fsp3) is 0.444. The number of carbonyl (C=O) groups excluding carboxylic acids is 1. The summed E-state index contributed by atoms with van der Waals surface area (Å²) in [5.41, 5.74) is 1.14. The normalized spacial score (nSPS) is 10.2. The topological polar surface area (TPSA) is 40.1 Å². The summed E-state index contributed by atoms with van der Waals surface area (Å²) in [5, 5.41) is 10.5. The summed E-state index contributed by atoms with van der Waals surface area (Å²) in [6.45, 7) is 4.03. The Hall–Kier alpha value is -0.830. The molecule has 3 heteroatoms. The molecular weight excluding hydrogens is 172 g/mol. The lowest BCUT2D eigenvalue weighted by atomic mass is 10.1. The van der Waals surface area contributed by atoms with Crippen molar-refractivity contribution in [3.63, 3.8) is 0 Å². The quantitative estimate of drug-likeness (QED) is 0.710. The minimum atomic E-state index is -1.06. The van der Waals surface area contributed by atoms with Crippen LogP contribution in [-0.4, -0.2) is 5.97 Å². The van der Waals surface area contributed by atoms with Crippen LogP contribution in [0.3, 0.4) is 0 Å². The molecule has 0 bridgehead atoms. The number of aromatic carboxylic acids is 1. The monoisotopic (exact) mass is 183 g/mol. The van der Waals surface area contributed by atoms with E-state index in [2.05, 4.69) is 6.92 Å². The number of thiophene rings is 1. The van der Waals surface area contributed by atoms with E-state index in [0.717, 1.165) is 23.3 Å². The lowest BCUT2D eigenvalue weighted by Crippen LogP contribution is -2.20. The second-order valence-corrected chi connectivity index (χ2v) is 3.99. The molecule has 0 spiro atoms. The van der Waals surface area contributed by atoms with E-state index in [1.54, 1.807) is 6.07 Å². The molecule has 0 radical (unpaired) electrons. The molecule has 0 fully saturated rings. The number of carboxylic acids is 1. The van der Waals surface area contributed by atoms with E-state index in [1.165, 1.54) is 11.3 Å². The Kier molecular flexibility index (Phi) is 2.87. The second-order valence-electron chi connectivity index (χ2n) is 2.73. The summed E-state index contributed by atoms with van der Waals surface area (Å²) >= 11 is 1.30. The molecule has 0 amide bonds. The maximum absolute atomic E-state index is 10.5. The van der Waals surface area contributed by atoms with Crippen molar-refractivity contribution in [2.45, 2.75) is 26.7 Å². The van der Waals surface area contributed by atoms with Gasteiger partial charge in [0.1, 0.15) is 0 Å². The zero-order valence-corrected chi connectivity index (χ0v) is 8.03. The summed E-state index contributed by atoms with van der Waals surface area (Å²) in [6.07, 6.45) is 2.00.